The summed E-state index contributed by atoms with van der Waals surface area (Å²) in [5.74, 6) is -1.11. The highest BCUT2D eigenvalue weighted by Crippen LogP contribution is 2.25. The van der Waals surface area contributed by atoms with E-state index >= 15 is 0 Å². The van der Waals surface area contributed by atoms with Gasteiger partial charge >= 0.3 is 5.97 Å². The van der Waals surface area contributed by atoms with Gasteiger partial charge in [-0.3, -0.25) is 9.36 Å². The number of hydrogen-bond donors (Lipinski definition) is 1. The van der Waals surface area contributed by atoms with Crippen LogP contribution in [0.15, 0.2) is 47.5 Å². The van der Waals surface area contributed by atoms with Gasteiger partial charge in [0.15, 0.2) is 11.2 Å². The lowest BCUT2D eigenvalue weighted by Crippen LogP contribution is -2.28. The lowest BCUT2D eigenvalue weighted by Gasteiger charge is -2.11. The van der Waals surface area contributed by atoms with Crippen LogP contribution in [0.2, 0.25) is 5.02 Å². The third kappa shape index (κ3) is 2.42. The Kier molecular flexibility index (Phi) is 3.69. The number of pyridine rings is 1. The standard InChI is InChI=1S/C17H12ClN5O3/c1-9(17(25)26)22-7-6-13-14(16(22)24)20-21-15-12(8-19-23(13)15)10-2-4-11(18)5-3-10/h2-9H,1H3,(H,25,26). The van der Waals surface area contributed by atoms with Crippen molar-refractivity contribution in [1.82, 2.24) is 24.4 Å². The maximum absolute atomic E-state index is 12.6. The minimum atomic E-state index is -1.11. The summed E-state index contributed by atoms with van der Waals surface area (Å²) in [6.45, 7) is 1.42. The molecular formula is C17H12ClN5O3. The molecule has 1 atom stereocenters. The van der Waals surface area contributed by atoms with Gasteiger partial charge in [0, 0.05) is 16.8 Å². The minimum absolute atomic E-state index is 0.0545. The Morgan fingerprint density at radius 3 is 2.62 bits per heavy atom. The first-order chi connectivity index (χ1) is 12.5. The lowest BCUT2D eigenvalue weighted by molar-refractivity contribution is -0.140. The molecule has 0 spiro atoms. The molecule has 4 aromatic rings. The van der Waals surface area contributed by atoms with E-state index in [0.29, 0.717) is 16.2 Å². The van der Waals surface area contributed by atoms with Gasteiger partial charge in [0.05, 0.1) is 6.20 Å². The highest BCUT2D eigenvalue weighted by Gasteiger charge is 2.19. The van der Waals surface area contributed by atoms with E-state index in [2.05, 4.69) is 15.3 Å². The monoisotopic (exact) mass is 369 g/mol. The summed E-state index contributed by atoms with van der Waals surface area (Å²) < 4.78 is 2.62. The Morgan fingerprint density at radius 2 is 1.92 bits per heavy atom. The van der Waals surface area contributed by atoms with Crippen LogP contribution in [0.25, 0.3) is 27.8 Å². The molecule has 3 heterocycles. The molecule has 1 aromatic carbocycles. The Bertz CT molecular complexity index is 1210. The summed E-state index contributed by atoms with van der Waals surface area (Å²) in [7, 11) is 0. The van der Waals surface area contributed by atoms with Gasteiger partial charge in [-0.2, -0.15) is 5.10 Å². The summed E-state index contributed by atoms with van der Waals surface area (Å²) in [6, 6.07) is 7.82. The van der Waals surface area contributed by atoms with Crippen molar-refractivity contribution in [2.75, 3.05) is 0 Å². The predicted octanol–water partition coefficient (Wildman–Crippen LogP) is 2.41. The van der Waals surface area contributed by atoms with Crippen molar-refractivity contribution >= 4 is 34.3 Å². The van der Waals surface area contributed by atoms with Gasteiger partial charge in [-0.25, -0.2) is 9.31 Å². The molecule has 0 radical (unpaired) electrons. The molecule has 0 saturated heterocycles. The molecule has 0 saturated carbocycles. The molecular weight excluding hydrogens is 358 g/mol. The lowest BCUT2D eigenvalue weighted by atomic mass is 10.1. The van der Waals surface area contributed by atoms with Gasteiger partial charge in [-0.1, -0.05) is 23.7 Å². The number of fused-ring (bicyclic) bond motifs is 3. The van der Waals surface area contributed by atoms with E-state index in [1.165, 1.54) is 17.6 Å². The summed E-state index contributed by atoms with van der Waals surface area (Å²) in [4.78, 5) is 23.7. The average molecular weight is 370 g/mol. The van der Waals surface area contributed by atoms with Crippen LogP contribution in [0.1, 0.15) is 13.0 Å². The van der Waals surface area contributed by atoms with Crippen LogP contribution in [-0.2, 0) is 4.79 Å². The fourth-order valence-corrected chi connectivity index (χ4v) is 2.89. The smallest absolute Gasteiger partial charge is 0.326 e. The summed E-state index contributed by atoms with van der Waals surface area (Å²) >= 11 is 5.92. The summed E-state index contributed by atoms with van der Waals surface area (Å²) in [5, 5.41) is 22.2. The first kappa shape index (κ1) is 16.2. The molecule has 26 heavy (non-hydrogen) atoms. The van der Waals surface area contributed by atoms with Crippen LogP contribution in [0.4, 0.5) is 0 Å². The molecule has 0 aliphatic heterocycles. The molecule has 9 heteroatoms. The van der Waals surface area contributed by atoms with Gasteiger partial charge < -0.3 is 5.11 Å². The number of halogens is 1. The average Bonchev–Trinajstić information content (AvgIpc) is 3.06. The second-order valence-corrected chi connectivity index (χ2v) is 6.21. The number of benzene rings is 1. The second-order valence-electron chi connectivity index (χ2n) is 5.78. The van der Waals surface area contributed by atoms with Crippen molar-refractivity contribution in [1.29, 1.82) is 0 Å². The zero-order valence-electron chi connectivity index (χ0n) is 13.5. The SMILES string of the molecule is CC(C(=O)O)n1ccc2c(nnc3c(-c4ccc(Cl)cc4)cnn32)c1=O. The number of hydrogen-bond acceptors (Lipinski definition) is 5. The fourth-order valence-electron chi connectivity index (χ4n) is 2.76. The molecule has 0 aliphatic rings. The van der Waals surface area contributed by atoms with E-state index in [4.69, 9.17) is 16.7 Å². The highest BCUT2D eigenvalue weighted by atomic mass is 35.5. The number of carbonyl (C=O) groups is 1. The van der Waals surface area contributed by atoms with Crippen LogP contribution in [0.3, 0.4) is 0 Å². The maximum Gasteiger partial charge on any atom is 0.326 e. The molecule has 1 N–H and O–H groups in total. The first-order valence-corrected chi connectivity index (χ1v) is 8.09. The second kappa shape index (κ2) is 5.92. The fraction of sp³-hybridized carbons (Fsp3) is 0.118. The maximum atomic E-state index is 12.6. The Labute approximate surface area is 151 Å². The van der Waals surface area contributed by atoms with Gasteiger partial charge in [-0.15, -0.1) is 10.2 Å². The molecule has 0 fully saturated rings. The van der Waals surface area contributed by atoms with Crippen molar-refractivity contribution in [3.05, 3.63) is 58.1 Å². The number of rotatable bonds is 3. The molecule has 8 nitrogen and oxygen atoms in total. The van der Waals surface area contributed by atoms with Gasteiger partial charge in [-0.05, 0) is 30.7 Å². The number of carboxylic acids is 1. The van der Waals surface area contributed by atoms with E-state index in [-0.39, 0.29) is 5.52 Å². The molecule has 1 unspecified atom stereocenters. The van der Waals surface area contributed by atoms with Gasteiger partial charge in [0.2, 0.25) is 0 Å². The molecule has 0 bridgehead atoms. The Morgan fingerprint density at radius 1 is 1.19 bits per heavy atom. The molecule has 3 aromatic heterocycles. The van der Waals surface area contributed by atoms with Gasteiger partial charge in [0.25, 0.3) is 5.56 Å². The minimum Gasteiger partial charge on any atom is -0.480 e. The van der Waals surface area contributed by atoms with E-state index in [1.807, 2.05) is 12.1 Å². The number of aliphatic carboxylic acids is 1. The van der Waals surface area contributed by atoms with Crippen molar-refractivity contribution in [3.63, 3.8) is 0 Å². The largest absolute Gasteiger partial charge is 0.480 e. The van der Waals surface area contributed by atoms with Crippen molar-refractivity contribution in [3.8, 4) is 11.1 Å². The van der Waals surface area contributed by atoms with E-state index in [1.54, 1.807) is 24.4 Å². The molecule has 130 valence electrons. The summed E-state index contributed by atoms with van der Waals surface area (Å²) in [6.07, 6.45) is 3.06. The summed E-state index contributed by atoms with van der Waals surface area (Å²) in [5.41, 5.74) is 2.08. The van der Waals surface area contributed by atoms with Crippen LogP contribution in [-0.4, -0.2) is 35.5 Å². The zero-order chi connectivity index (χ0) is 18.4. The first-order valence-electron chi connectivity index (χ1n) is 7.71. The van der Waals surface area contributed by atoms with Crippen LogP contribution < -0.4 is 5.56 Å². The molecule has 4 rings (SSSR count). The zero-order valence-corrected chi connectivity index (χ0v) is 14.3. The quantitative estimate of drug-likeness (QED) is 0.595. The number of nitrogens with zero attached hydrogens (tertiary/aromatic N) is 5. The third-order valence-electron chi connectivity index (χ3n) is 4.22. The normalized spacial score (nSPS) is 12.5. The number of aromatic nitrogens is 5. The predicted molar refractivity (Wildman–Crippen MR) is 95.3 cm³/mol. The van der Waals surface area contributed by atoms with Crippen LogP contribution in [0.5, 0.6) is 0 Å². The van der Waals surface area contributed by atoms with E-state index < -0.39 is 17.6 Å². The number of carboxylic acid groups (broad SMARTS) is 1. The van der Waals surface area contributed by atoms with E-state index in [9.17, 15) is 9.59 Å². The van der Waals surface area contributed by atoms with Crippen molar-refractivity contribution < 1.29 is 9.90 Å². The Balaban J connectivity index is 1.94. The Hall–Kier alpha value is -3.26. The topological polar surface area (TPSA) is 102 Å². The molecule has 0 aliphatic carbocycles. The highest BCUT2D eigenvalue weighted by molar-refractivity contribution is 6.30. The molecule has 0 amide bonds. The van der Waals surface area contributed by atoms with Crippen molar-refractivity contribution in [2.24, 2.45) is 0 Å². The van der Waals surface area contributed by atoms with Crippen molar-refractivity contribution in [2.45, 2.75) is 13.0 Å². The third-order valence-corrected chi connectivity index (χ3v) is 4.47. The van der Waals surface area contributed by atoms with E-state index in [0.717, 1.165) is 15.7 Å². The van der Waals surface area contributed by atoms with Gasteiger partial charge in [0.1, 0.15) is 11.6 Å². The van der Waals surface area contributed by atoms with Crippen LogP contribution >= 0.6 is 11.6 Å². The van der Waals surface area contributed by atoms with Crippen LogP contribution in [0, 0.1) is 0 Å².